The Kier molecular flexibility index (Phi) is 3.39. The van der Waals surface area contributed by atoms with Gasteiger partial charge in [-0.3, -0.25) is 4.79 Å². The topological polar surface area (TPSA) is 55.8 Å². The molecule has 0 radical (unpaired) electrons. The van der Waals surface area contributed by atoms with Gasteiger partial charge in [0.1, 0.15) is 12.2 Å². The molecule has 0 fully saturated rings. The standard InChI is InChI=1S/C13H15ClO4/c1-13(2)6-8-4-3-5-10(11(8)18-13)17-7-9(14)12(15)16/h3-5,9H,6-7H2,1-2H3,(H,15,16). The molecule has 1 aromatic carbocycles. The molecule has 1 aliphatic rings. The van der Waals surface area contributed by atoms with Gasteiger partial charge in [-0.1, -0.05) is 12.1 Å². The van der Waals surface area contributed by atoms with Crippen LogP contribution in [0.1, 0.15) is 19.4 Å². The molecule has 2 rings (SSSR count). The normalized spacial score (nSPS) is 17.7. The molecule has 1 unspecified atom stereocenters. The van der Waals surface area contributed by atoms with E-state index in [4.69, 9.17) is 26.2 Å². The van der Waals surface area contributed by atoms with Gasteiger partial charge in [-0.05, 0) is 19.9 Å². The Hall–Kier alpha value is -1.42. The number of hydrogen-bond acceptors (Lipinski definition) is 3. The van der Waals surface area contributed by atoms with Crippen LogP contribution in [0, 0.1) is 0 Å². The average Bonchev–Trinajstić information content (AvgIpc) is 2.59. The smallest absolute Gasteiger partial charge is 0.325 e. The van der Waals surface area contributed by atoms with Crippen LogP contribution in [0.25, 0.3) is 0 Å². The summed E-state index contributed by atoms with van der Waals surface area (Å²) in [6.45, 7) is 3.91. The number of alkyl halides is 1. The summed E-state index contributed by atoms with van der Waals surface area (Å²) >= 11 is 5.61. The number of benzene rings is 1. The maximum atomic E-state index is 10.6. The molecule has 1 aliphatic heterocycles. The van der Waals surface area contributed by atoms with Crippen LogP contribution in [0.3, 0.4) is 0 Å². The molecule has 18 heavy (non-hydrogen) atoms. The van der Waals surface area contributed by atoms with E-state index in [2.05, 4.69) is 0 Å². The second-order valence-corrected chi connectivity index (χ2v) is 5.43. The predicted molar refractivity (Wildman–Crippen MR) is 67.6 cm³/mol. The van der Waals surface area contributed by atoms with Crippen LogP contribution in [0.5, 0.6) is 11.5 Å². The van der Waals surface area contributed by atoms with E-state index in [1.165, 1.54) is 0 Å². The summed E-state index contributed by atoms with van der Waals surface area (Å²) in [5.74, 6) is 0.146. The first-order valence-electron chi connectivity index (χ1n) is 5.70. The third-order valence-electron chi connectivity index (χ3n) is 2.71. The van der Waals surface area contributed by atoms with Crippen LogP contribution < -0.4 is 9.47 Å². The fourth-order valence-electron chi connectivity index (χ4n) is 1.94. The number of ether oxygens (including phenoxy) is 2. The fourth-order valence-corrected chi connectivity index (χ4v) is 2.00. The Bertz CT molecular complexity index is 470. The Morgan fingerprint density at radius 3 is 3.00 bits per heavy atom. The Morgan fingerprint density at radius 2 is 2.33 bits per heavy atom. The van der Waals surface area contributed by atoms with E-state index < -0.39 is 11.3 Å². The number of carboxylic acids is 1. The lowest BCUT2D eigenvalue weighted by molar-refractivity contribution is -0.137. The van der Waals surface area contributed by atoms with Crippen molar-refractivity contribution in [1.29, 1.82) is 0 Å². The molecule has 1 atom stereocenters. The van der Waals surface area contributed by atoms with Crippen LogP contribution in [0.15, 0.2) is 18.2 Å². The first-order chi connectivity index (χ1) is 8.39. The lowest BCUT2D eigenvalue weighted by atomic mass is 10.0. The molecule has 4 nitrogen and oxygen atoms in total. The van der Waals surface area contributed by atoms with Gasteiger partial charge in [0.15, 0.2) is 16.9 Å². The van der Waals surface area contributed by atoms with Gasteiger partial charge in [-0.15, -0.1) is 11.6 Å². The predicted octanol–water partition coefficient (Wildman–Crippen LogP) is 2.47. The quantitative estimate of drug-likeness (QED) is 0.854. The number of halogens is 1. The largest absolute Gasteiger partial charge is 0.488 e. The molecule has 0 aromatic heterocycles. The summed E-state index contributed by atoms with van der Waals surface area (Å²) in [6, 6.07) is 5.60. The number of carbonyl (C=O) groups is 1. The molecule has 1 N–H and O–H groups in total. The summed E-state index contributed by atoms with van der Waals surface area (Å²) in [6.07, 6.45) is 0.808. The van der Waals surface area contributed by atoms with E-state index in [-0.39, 0.29) is 12.2 Å². The van der Waals surface area contributed by atoms with Gasteiger partial charge in [-0.25, -0.2) is 0 Å². The summed E-state index contributed by atoms with van der Waals surface area (Å²) < 4.78 is 11.2. The zero-order valence-electron chi connectivity index (χ0n) is 10.3. The number of fused-ring (bicyclic) bond motifs is 1. The summed E-state index contributed by atoms with van der Waals surface area (Å²) in [4.78, 5) is 10.6. The van der Waals surface area contributed by atoms with Gasteiger partial charge in [0.05, 0.1) is 0 Å². The van der Waals surface area contributed by atoms with Crippen molar-refractivity contribution < 1.29 is 19.4 Å². The summed E-state index contributed by atoms with van der Waals surface area (Å²) in [5, 5.41) is 7.63. The molecule has 1 aromatic rings. The zero-order valence-corrected chi connectivity index (χ0v) is 11.0. The highest BCUT2D eigenvalue weighted by Gasteiger charge is 2.32. The molecule has 0 bridgehead atoms. The molecular weight excluding hydrogens is 256 g/mol. The van der Waals surface area contributed by atoms with Gasteiger partial charge in [0.2, 0.25) is 0 Å². The second-order valence-electron chi connectivity index (χ2n) is 4.90. The van der Waals surface area contributed by atoms with E-state index in [9.17, 15) is 4.79 Å². The molecule has 0 saturated carbocycles. The Labute approximate surface area is 110 Å². The Balaban J connectivity index is 2.12. The van der Waals surface area contributed by atoms with E-state index in [0.717, 1.165) is 12.0 Å². The SMILES string of the molecule is CC1(C)Cc2cccc(OCC(Cl)C(=O)O)c2O1. The van der Waals surface area contributed by atoms with E-state index in [0.29, 0.717) is 11.5 Å². The minimum atomic E-state index is -1.09. The molecule has 5 heteroatoms. The van der Waals surface area contributed by atoms with Crippen molar-refractivity contribution in [3.05, 3.63) is 23.8 Å². The van der Waals surface area contributed by atoms with Crippen LogP contribution in [-0.2, 0) is 11.2 Å². The highest BCUT2D eigenvalue weighted by atomic mass is 35.5. The highest BCUT2D eigenvalue weighted by molar-refractivity contribution is 6.29. The Morgan fingerprint density at radius 1 is 1.61 bits per heavy atom. The number of hydrogen-bond donors (Lipinski definition) is 1. The molecule has 0 saturated heterocycles. The van der Waals surface area contributed by atoms with E-state index >= 15 is 0 Å². The van der Waals surface area contributed by atoms with Crippen LogP contribution in [-0.4, -0.2) is 28.7 Å². The molecule has 0 spiro atoms. The van der Waals surface area contributed by atoms with E-state index in [1.807, 2.05) is 26.0 Å². The molecule has 98 valence electrons. The van der Waals surface area contributed by atoms with E-state index in [1.54, 1.807) is 6.07 Å². The third-order valence-corrected chi connectivity index (χ3v) is 3.02. The second kappa shape index (κ2) is 4.69. The maximum absolute atomic E-state index is 10.6. The minimum absolute atomic E-state index is 0.0862. The number of para-hydroxylation sites is 1. The minimum Gasteiger partial charge on any atom is -0.488 e. The first kappa shape index (κ1) is 13.0. The van der Waals surface area contributed by atoms with Gasteiger partial charge >= 0.3 is 5.97 Å². The van der Waals surface area contributed by atoms with Gasteiger partial charge in [0.25, 0.3) is 0 Å². The number of carboxylic acid groups (broad SMARTS) is 1. The fraction of sp³-hybridized carbons (Fsp3) is 0.462. The van der Waals surface area contributed by atoms with Crippen molar-refractivity contribution in [3.8, 4) is 11.5 Å². The summed E-state index contributed by atoms with van der Waals surface area (Å²) in [5.41, 5.74) is 0.813. The average molecular weight is 271 g/mol. The molecule has 0 amide bonds. The van der Waals surface area contributed by atoms with Crippen LogP contribution in [0.2, 0.25) is 0 Å². The molecule has 1 heterocycles. The van der Waals surface area contributed by atoms with Gasteiger partial charge in [0, 0.05) is 12.0 Å². The first-order valence-corrected chi connectivity index (χ1v) is 6.13. The monoisotopic (exact) mass is 270 g/mol. The van der Waals surface area contributed by atoms with Crippen molar-refractivity contribution in [1.82, 2.24) is 0 Å². The van der Waals surface area contributed by atoms with Crippen molar-refractivity contribution in [2.75, 3.05) is 6.61 Å². The van der Waals surface area contributed by atoms with Crippen molar-refractivity contribution in [3.63, 3.8) is 0 Å². The summed E-state index contributed by atoms with van der Waals surface area (Å²) in [7, 11) is 0. The van der Waals surface area contributed by atoms with Crippen LogP contribution >= 0.6 is 11.6 Å². The van der Waals surface area contributed by atoms with Gasteiger partial charge < -0.3 is 14.6 Å². The number of rotatable bonds is 4. The lowest BCUT2D eigenvalue weighted by Gasteiger charge is -2.18. The number of aliphatic carboxylic acids is 1. The molecule has 0 aliphatic carbocycles. The maximum Gasteiger partial charge on any atom is 0.325 e. The van der Waals surface area contributed by atoms with Crippen LogP contribution in [0.4, 0.5) is 0 Å². The third kappa shape index (κ3) is 2.70. The lowest BCUT2D eigenvalue weighted by Crippen LogP contribution is -2.25. The highest BCUT2D eigenvalue weighted by Crippen LogP contribution is 2.41. The van der Waals surface area contributed by atoms with Crippen molar-refractivity contribution in [2.24, 2.45) is 0 Å². The molecular formula is C13H15ClO4. The zero-order chi connectivity index (χ0) is 13.3. The van der Waals surface area contributed by atoms with Crippen molar-refractivity contribution >= 4 is 17.6 Å². The van der Waals surface area contributed by atoms with Crippen molar-refractivity contribution in [2.45, 2.75) is 31.2 Å². The van der Waals surface area contributed by atoms with Gasteiger partial charge in [-0.2, -0.15) is 0 Å².